The highest BCUT2D eigenvalue weighted by atomic mass is 16.5. The minimum absolute atomic E-state index is 0.230. The standard InChI is InChI=1S/C14H30N4O2/c1-5-15-13(17-12-14(2,3)19-4)16-6-7-18-8-10-20-11-9-18/h5-12H2,1-4H3,(H2,15,16,17). The molecular formula is C14H30N4O2. The van der Waals surface area contributed by atoms with Gasteiger partial charge >= 0.3 is 0 Å². The lowest BCUT2D eigenvalue weighted by Gasteiger charge is -2.27. The second-order valence-corrected chi connectivity index (χ2v) is 5.54. The number of rotatable bonds is 7. The molecule has 0 amide bonds. The van der Waals surface area contributed by atoms with Gasteiger partial charge in [-0.25, -0.2) is 0 Å². The molecular weight excluding hydrogens is 256 g/mol. The molecule has 20 heavy (non-hydrogen) atoms. The van der Waals surface area contributed by atoms with Crippen LogP contribution in [0.1, 0.15) is 20.8 Å². The van der Waals surface area contributed by atoms with Gasteiger partial charge in [-0.15, -0.1) is 0 Å². The van der Waals surface area contributed by atoms with Crippen LogP contribution >= 0.6 is 0 Å². The molecule has 0 bridgehead atoms. The van der Waals surface area contributed by atoms with Crippen molar-refractivity contribution in [2.75, 3.05) is 59.6 Å². The highest BCUT2D eigenvalue weighted by Crippen LogP contribution is 2.06. The lowest BCUT2D eigenvalue weighted by molar-refractivity contribution is 0.0310. The fraction of sp³-hybridized carbons (Fsp3) is 0.929. The van der Waals surface area contributed by atoms with E-state index in [4.69, 9.17) is 9.47 Å². The van der Waals surface area contributed by atoms with Gasteiger partial charge in [-0.2, -0.15) is 0 Å². The smallest absolute Gasteiger partial charge is 0.191 e. The summed E-state index contributed by atoms with van der Waals surface area (Å²) in [4.78, 5) is 6.97. The number of hydrogen-bond donors (Lipinski definition) is 2. The maximum absolute atomic E-state index is 5.38. The molecule has 0 saturated carbocycles. The van der Waals surface area contributed by atoms with Gasteiger partial charge in [0.1, 0.15) is 0 Å². The molecule has 6 heteroatoms. The Hall–Kier alpha value is -0.850. The number of ether oxygens (including phenoxy) is 2. The fourth-order valence-corrected chi connectivity index (χ4v) is 1.83. The number of guanidine groups is 1. The second kappa shape index (κ2) is 9.15. The summed E-state index contributed by atoms with van der Waals surface area (Å²) in [7, 11) is 1.72. The predicted molar refractivity (Wildman–Crippen MR) is 82.3 cm³/mol. The highest BCUT2D eigenvalue weighted by Gasteiger charge is 2.16. The van der Waals surface area contributed by atoms with Crippen LogP contribution in [0, 0.1) is 0 Å². The predicted octanol–water partition coefficient (Wildman–Crippen LogP) is 0.299. The average Bonchev–Trinajstić information content (AvgIpc) is 2.46. The monoisotopic (exact) mass is 286 g/mol. The van der Waals surface area contributed by atoms with Crippen molar-refractivity contribution in [3.63, 3.8) is 0 Å². The first kappa shape index (κ1) is 17.2. The molecule has 0 aromatic rings. The SMILES string of the molecule is CCNC(=NCC(C)(C)OC)NCCN1CCOCC1. The number of morpholine rings is 1. The lowest BCUT2D eigenvalue weighted by Crippen LogP contribution is -2.45. The molecule has 1 heterocycles. The van der Waals surface area contributed by atoms with Crippen molar-refractivity contribution in [2.45, 2.75) is 26.4 Å². The molecule has 2 N–H and O–H groups in total. The van der Waals surface area contributed by atoms with Crippen molar-refractivity contribution in [3.8, 4) is 0 Å². The Kier molecular flexibility index (Phi) is 7.87. The van der Waals surface area contributed by atoms with Gasteiger partial charge in [-0.1, -0.05) is 0 Å². The average molecular weight is 286 g/mol. The molecule has 0 aromatic carbocycles. The summed E-state index contributed by atoms with van der Waals surface area (Å²) in [6.07, 6.45) is 0. The zero-order chi connectivity index (χ0) is 14.8. The Morgan fingerprint density at radius 1 is 1.30 bits per heavy atom. The number of methoxy groups -OCH3 is 1. The van der Waals surface area contributed by atoms with Crippen molar-refractivity contribution < 1.29 is 9.47 Å². The zero-order valence-electron chi connectivity index (χ0n) is 13.4. The lowest BCUT2D eigenvalue weighted by atomic mass is 10.1. The van der Waals surface area contributed by atoms with Crippen molar-refractivity contribution in [1.82, 2.24) is 15.5 Å². The molecule has 0 atom stereocenters. The minimum Gasteiger partial charge on any atom is -0.379 e. The van der Waals surface area contributed by atoms with E-state index >= 15 is 0 Å². The Morgan fingerprint density at radius 2 is 2.00 bits per heavy atom. The van der Waals surface area contributed by atoms with Crippen molar-refractivity contribution >= 4 is 5.96 Å². The van der Waals surface area contributed by atoms with Crippen LogP contribution in [-0.4, -0.2) is 76.1 Å². The maximum atomic E-state index is 5.38. The van der Waals surface area contributed by atoms with Crippen LogP contribution in [0.5, 0.6) is 0 Å². The molecule has 0 radical (unpaired) electrons. The Bertz CT molecular complexity index is 289. The summed E-state index contributed by atoms with van der Waals surface area (Å²) >= 11 is 0. The number of nitrogens with one attached hydrogen (secondary N) is 2. The molecule has 1 saturated heterocycles. The van der Waals surface area contributed by atoms with Crippen LogP contribution in [0.15, 0.2) is 4.99 Å². The Labute approximate surface area is 122 Å². The van der Waals surface area contributed by atoms with Crippen LogP contribution in [-0.2, 0) is 9.47 Å². The van der Waals surface area contributed by atoms with Gasteiger partial charge in [0.25, 0.3) is 0 Å². The quantitative estimate of drug-likeness (QED) is 0.521. The van der Waals surface area contributed by atoms with Crippen molar-refractivity contribution in [2.24, 2.45) is 4.99 Å². The van der Waals surface area contributed by atoms with Crippen molar-refractivity contribution in [1.29, 1.82) is 0 Å². The largest absolute Gasteiger partial charge is 0.379 e. The number of nitrogens with zero attached hydrogens (tertiary/aromatic N) is 2. The van der Waals surface area contributed by atoms with E-state index in [1.54, 1.807) is 7.11 Å². The van der Waals surface area contributed by atoms with Gasteiger partial charge in [0.15, 0.2) is 5.96 Å². The van der Waals surface area contributed by atoms with Crippen LogP contribution in [0.4, 0.5) is 0 Å². The van der Waals surface area contributed by atoms with Gasteiger partial charge in [0, 0.05) is 39.8 Å². The summed E-state index contributed by atoms with van der Waals surface area (Å²) in [5.74, 6) is 0.853. The molecule has 1 aliphatic rings. The number of hydrogen-bond acceptors (Lipinski definition) is 4. The Balaban J connectivity index is 2.32. The van der Waals surface area contributed by atoms with E-state index in [1.807, 2.05) is 13.8 Å². The molecule has 0 aliphatic carbocycles. The normalized spacial score (nSPS) is 18.1. The molecule has 0 spiro atoms. The van der Waals surface area contributed by atoms with Crippen LogP contribution in [0.25, 0.3) is 0 Å². The van der Waals surface area contributed by atoms with E-state index in [0.29, 0.717) is 6.54 Å². The van der Waals surface area contributed by atoms with Gasteiger partial charge in [-0.05, 0) is 20.8 Å². The van der Waals surface area contributed by atoms with Crippen LogP contribution in [0.3, 0.4) is 0 Å². The second-order valence-electron chi connectivity index (χ2n) is 5.54. The maximum Gasteiger partial charge on any atom is 0.191 e. The summed E-state index contributed by atoms with van der Waals surface area (Å²) in [6.45, 7) is 13.3. The van der Waals surface area contributed by atoms with E-state index in [1.165, 1.54) is 0 Å². The third-order valence-corrected chi connectivity index (χ3v) is 3.34. The minimum atomic E-state index is -0.230. The Morgan fingerprint density at radius 3 is 2.60 bits per heavy atom. The van der Waals surface area contributed by atoms with E-state index in [9.17, 15) is 0 Å². The summed E-state index contributed by atoms with van der Waals surface area (Å²) in [5, 5.41) is 6.62. The number of aliphatic imine (C=N–C) groups is 1. The molecule has 118 valence electrons. The molecule has 0 aromatic heterocycles. The molecule has 1 aliphatic heterocycles. The topological polar surface area (TPSA) is 58.1 Å². The van der Waals surface area contributed by atoms with Crippen molar-refractivity contribution in [3.05, 3.63) is 0 Å². The van der Waals surface area contributed by atoms with Crippen LogP contribution < -0.4 is 10.6 Å². The molecule has 0 unspecified atom stereocenters. The zero-order valence-corrected chi connectivity index (χ0v) is 13.4. The third kappa shape index (κ3) is 7.07. The molecule has 1 fully saturated rings. The van der Waals surface area contributed by atoms with Gasteiger partial charge in [-0.3, -0.25) is 9.89 Å². The van der Waals surface area contributed by atoms with Gasteiger partial charge in [0.2, 0.25) is 0 Å². The summed E-state index contributed by atoms with van der Waals surface area (Å²) < 4.78 is 10.7. The highest BCUT2D eigenvalue weighted by molar-refractivity contribution is 5.79. The first-order chi connectivity index (χ1) is 9.57. The molecule has 6 nitrogen and oxygen atoms in total. The van der Waals surface area contributed by atoms with Gasteiger partial charge < -0.3 is 20.1 Å². The third-order valence-electron chi connectivity index (χ3n) is 3.34. The van der Waals surface area contributed by atoms with Crippen LogP contribution in [0.2, 0.25) is 0 Å². The fourth-order valence-electron chi connectivity index (χ4n) is 1.83. The summed E-state index contributed by atoms with van der Waals surface area (Å²) in [5.41, 5.74) is -0.230. The van der Waals surface area contributed by atoms with E-state index in [-0.39, 0.29) is 5.60 Å². The summed E-state index contributed by atoms with van der Waals surface area (Å²) in [6, 6.07) is 0. The first-order valence-electron chi connectivity index (χ1n) is 7.45. The van der Waals surface area contributed by atoms with E-state index in [0.717, 1.165) is 51.9 Å². The van der Waals surface area contributed by atoms with Gasteiger partial charge in [0.05, 0.1) is 25.4 Å². The molecule has 1 rings (SSSR count). The van der Waals surface area contributed by atoms with E-state index < -0.39 is 0 Å². The van der Waals surface area contributed by atoms with E-state index in [2.05, 4.69) is 27.4 Å². The first-order valence-corrected chi connectivity index (χ1v) is 7.45.